The Morgan fingerprint density at radius 2 is 1.90 bits per heavy atom. The topological polar surface area (TPSA) is 85.2 Å². The highest BCUT2D eigenvalue weighted by Crippen LogP contribution is 2.35. The number of hydrogen-bond acceptors (Lipinski definition) is 6. The van der Waals surface area contributed by atoms with Gasteiger partial charge < -0.3 is 19.3 Å². The summed E-state index contributed by atoms with van der Waals surface area (Å²) >= 11 is 6.06. The van der Waals surface area contributed by atoms with Crippen LogP contribution >= 0.6 is 11.6 Å². The third kappa shape index (κ3) is 4.54. The van der Waals surface area contributed by atoms with Gasteiger partial charge >= 0.3 is 0 Å². The Morgan fingerprint density at radius 3 is 2.48 bits per heavy atom. The summed E-state index contributed by atoms with van der Waals surface area (Å²) in [6, 6.07) is 10.2. The highest BCUT2D eigenvalue weighted by atomic mass is 35.5. The number of hydrogen-bond donors (Lipinski definition) is 0. The predicted molar refractivity (Wildman–Crippen MR) is 110 cm³/mol. The van der Waals surface area contributed by atoms with Gasteiger partial charge in [-0.3, -0.25) is 14.9 Å². The van der Waals surface area contributed by atoms with Crippen molar-refractivity contribution in [1.29, 1.82) is 0 Å². The molecule has 2 aromatic rings. The summed E-state index contributed by atoms with van der Waals surface area (Å²) in [5, 5.41) is 12.2. The van der Waals surface area contributed by atoms with Crippen LogP contribution < -0.4 is 14.4 Å². The Morgan fingerprint density at radius 1 is 1.17 bits per heavy atom. The molecule has 1 aliphatic heterocycles. The van der Waals surface area contributed by atoms with Gasteiger partial charge in [0.1, 0.15) is 5.56 Å². The first-order chi connectivity index (χ1) is 13.9. The SMILES string of the molecule is CCOc1cc(C(=O)N2CCN(c3cccc(Cl)c3)CC2)c([N+](=O)[O-])cc1OC. The Balaban J connectivity index is 1.81. The second kappa shape index (κ2) is 9.00. The van der Waals surface area contributed by atoms with Crippen molar-refractivity contribution in [2.75, 3.05) is 44.8 Å². The lowest BCUT2D eigenvalue weighted by Crippen LogP contribution is -2.48. The van der Waals surface area contributed by atoms with Crippen molar-refractivity contribution in [2.24, 2.45) is 0 Å². The summed E-state index contributed by atoms with van der Waals surface area (Å²) in [6.07, 6.45) is 0. The number of piperazine rings is 1. The zero-order valence-electron chi connectivity index (χ0n) is 16.3. The second-order valence-electron chi connectivity index (χ2n) is 6.47. The van der Waals surface area contributed by atoms with Crippen LogP contribution in [0.3, 0.4) is 0 Å². The summed E-state index contributed by atoms with van der Waals surface area (Å²) in [6.45, 7) is 4.23. The minimum absolute atomic E-state index is 0.00421. The van der Waals surface area contributed by atoms with E-state index >= 15 is 0 Å². The lowest BCUT2D eigenvalue weighted by atomic mass is 10.1. The van der Waals surface area contributed by atoms with Gasteiger partial charge in [-0.25, -0.2) is 0 Å². The molecule has 0 radical (unpaired) electrons. The van der Waals surface area contributed by atoms with Crippen molar-refractivity contribution in [2.45, 2.75) is 6.92 Å². The van der Waals surface area contributed by atoms with Crippen molar-refractivity contribution in [3.8, 4) is 11.5 Å². The van der Waals surface area contributed by atoms with Crippen molar-refractivity contribution in [3.63, 3.8) is 0 Å². The molecule has 8 nitrogen and oxygen atoms in total. The molecule has 154 valence electrons. The van der Waals surface area contributed by atoms with Crippen LogP contribution in [0.5, 0.6) is 11.5 Å². The van der Waals surface area contributed by atoms with E-state index in [-0.39, 0.29) is 17.0 Å². The van der Waals surface area contributed by atoms with E-state index in [4.69, 9.17) is 21.1 Å². The molecule has 0 aromatic heterocycles. The average molecular weight is 420 g/mol. The van der Waals surface area contributed by atoms with Gasteiger partial charge in [-0.2, -0.15) is 0 Å². The van der Waals surface area contributed by atoms with Gasteiger partial charge in [-0.05, 0) is 25.1 Å². The first-order valence-electron chi connectivity index (χ1n) is 9.23. The minimum atomic E-state index is -0.576. The number of halogens is 1. The largest absolute Gasteiger partial charge is 0.493 e. The number of rotatable bonds is 6. The third-order valence-electron chi connectivity index (χ3n) is 4.75. The molecule has 29 heavy (non-hydrogen) atoms. The van der Waals surface area contributed by atoms with Crippen LogP contribution in [0.15, 0.2) is 36.4 Å². The van der Waals surface area contributed by atoms with Crippen LogP contribution in [0.2, 0.25) is 5.02 Å². The van der Waals surface area contributed by atoms with Crippen LogP contribution in [-0.4, -0.2) is 55.6 Å². The summed E-state index contributed by atoms with van der Waals surface area (Å²) in [5.41, 5.74) is 0.682. The van der Waals surface area contributed by atoms with E-state index in [0.717, 1.165) is 5.69 Å². The molecule has 0 spiro atoms. The standard InChI is InChI=1S/C20H22ClN3O5/c1-3-29-19-12-16(17(24(26)27)13-18(19)28-2)20(25)23-9-7-22(8-10-23)15-6-4-5-14(21)11-15/h4-6,11-13H,3,7-10H2,1-2H3. The van der Waals surface area contributed by atoms with Gasteiger partial charge in [-0.1, -0.05) is 17.7 Å². The zero-order chi connectivity index (χ0) is 21.0. The molecule has 2 aromatic carbocycles. The predicted octanol–water partition coefficient (Wildman–Crippen LogP) is 3.62. The summed E-state index contributed by atoms with van der Waals surface area (Å²) in [7, 11) is 1.40. The lowest BCUT2D eigenvalue weighted by Gasteiger charge is -2.36. The number of nitro benzene ring substituents is 1. The molecule has 0 aliphatic carbocycles. The van der Waals surface area contributed by atoms with Crippen LogP contribution in [0, 0.1) is 10.1 Å². The quantitative estimate of drug-likeness (QED) is 0.525. The number of carbonyl (C=O) groups excluding carboxylic acids is 1. The van der Waals surface area contributed by atoms with Crippen LogP contribution in [-0.2, 0) is 0 Å². The van der Waals surface area contributed by atoms with E-state index < -0.39 is 10.8 Å². The van der Waals surface area contributed by atoms with Gasteiger partial charge in [0.15, 0.2) is 11.5 Å². The zero-order valence-corrected chi connectivity index (χ0v) is 17.0. The molecule has 0 saturated carbocycles. The number of benzene rings is 2. The van der Waals surface area contributed by atoms with Gasteiger partial charge in [0.05, 0.1) is 24.7 Å². The van der Waals surface area contributed by atoms with E-state index in [0.29, 0.717) is 43.6 Å². The lowest BCUT2D eigenvalue weighted by molar-refractivity contribution is -0.385. The Bertz CT molecular complexity index is 913. The van der Waals surface area contributed by atoms with Gasteiger partial charge in [0.25, 0.3) is 11.6 Å². The number of nitrogens with zero attached hydrogens (tertiary/aromatic N) is 3. The number of carbonyl (C=O) groups is 1. The van der Waals surface area contributed by atoms with Gasteiger partial charge in [0.2, 0.25) is 0 Å². The average Bonchev–Trinajstić information content (AvgIpc) is 2.73. The van der Waals surface area contributed by atoms with E-state index in [1.54, 1.807) is 11.8 Å². The van der Waals surface area contributed by atoms with Crippen molar-refractivity contribution >= 4 is 28.9 Å². The highest BCUT2D eigenvalue weighted by Gasteiger charge is 2.30. The van der Waals surface area contributed by atoms with Crippen LogP contribution in [0.25, 0.3) is 0 Å². The van der Waals surface area contributed by atoms with Crippen molar-refractivity contribution in [1.82, 2.24) is 4.90 Å². The van der Waals surface area contributed by atoms with Crippen molar-refractivity contribution < 1.29 is 19.2 Å². The molecule has 1 aliphatic rings. The molecule has 1 fully saturated rings. The molecule has 0 bridgehead atoms. The molecule has 3 rings (SSSR count). The molecule has 1 heterocycles. The van der Waals surface area contributed by atoms with E-state index in [1.165, 1.54) is 19.2 Å². The summed E-state index contributed by atoms with van der Waals surface area (Å²) in [4.78, 5) is 27.8. The second-order valence-corrected chi connectivity index (χ2v) is 6.91. The van der Waals surface area contributed by atoms with Crippen LogP contribution in [0.4, 0.5) is 11.4 Å². The maximum atomic E-state index is 13.1. The first-order valence-corrected chi connectivity index (χ1v) is 9.61. The fourth-order valence-electron chi connectivity index (χ4n) is 3.31. The Kier molecular flexibility index (Phi) is 6.43. The maximum Gasteiger partial charge on any atom is 0.286 e. The minimum Gasteiger partial charge on any atom is -0.493 e. The smallest absolute Gasteiger partial charge is 0.286 e. The van der Waals surface area contributed by atoms with Gasteiger partial charge in [0, 0.05) is 43.0 Å². The number of methoxy groups -OCH3 is 1. The fourth-order valence-corrected chi connectivity index (χ4v) is 3.49. The van der Waals surface area contributed by atoms with E-state index in [2.05, 4.69) is 4.90 Å². The molecular formula is C20H22ClN3O5. The van der Waals surface area contributed by atoms with E-state index in [1.807, 2.05) is 24.3 Å². The molecule has 1 saturated heterocycles. The Labute approximate surface area is 173 Å². The molecule has 0 N–H and O–H groups in total. The molecular weight excluding hydrogens is 398 g/mol. The monoisotopic (exact) mass is 419 g/mol. The fraction of sp³-hybridized carbons (Fsp3) is 0.350. The normalized spacial score (nSPS) is 13.9. The Hall–Kier alpha value is -3.00. The maximum absolute atomic E-state index is 13.1. The molecule has 1 amide bonds. The number of nitro groups is 1. The summed E-state index contributed by atoms with van der Waals surface area (Å²) < 4.78 is 10.7. The highest BCUT2D eigenvalue weighted by molar-refractivity contribution is 6.30. The van der Waals surface area contributed by atoms with E-state index in [9.17, 15) is 14.9 Å². The molecule has 9 heteroatoms. The first kappa shape index (κ1) is 20.7. The number of anilines is 1. The number of ether oxygens (including phenoxy) is 2. The molecule has 0 unspecified atom stereocenters. The van der Waals surface area contributed by atoms with Gasteiger partial charge in [-0.15, -0.1) is 0 Å². The number of amides is 1. The van der Waals surface area contributed by atoms with Crippen molar-refractivity contribution in [3.05, 3.63) is 57.1 Å². The molecule has 0 atom stereocenters. The van der Waals surface area contributed by atoms with Crippen LogP contribution in [0.1, 0.15) is 17.3 Å². The third-order valence-corrected chi connectivity index (χ3v) is 4.98. The summed E-state index contributed by atoms with van der Waals surface area (Å²) in [5.74, 6) is 0.133.